The van der Waals surface area contributed by atoms with E-state index >= 15 is 0 Å². The second-order valence-electron chi connectivity index (χ2n) is 3.78. The van der Waals surface area contributed by atoms with E-state index in [2.05, 4.69) is 10.1 Å². The number of methoxy groups -OCH3 is 1. The van der Waals surface area contributed by atoms with Crippen molar-refractivity contribution in [2.24, 2.45) is 0 Å². The summed E-state index contributed by atoms with van der Waals surface area (Å²) in [5.74, 6) is -1.76. The number of amides is 1. The second-order valence-corrected chi connectivity index (χ2v) is 3.78. The number of nitrogens with one attached hydrogen (secondary N) is 1. The van der Waals surface area contributed by atoms with E-state index in [9.17, 15) is 14.4 Å². The molecule has 1 aromatic rings. The number of aryl methyl sites for hydroxylation is 1. The van der Waals surface area contributed by atoms with Crippen molar-refractivity contribution in [3.8, 4) is 0 Å². The van der Waals surface area contributed by atoms with E-state index in [1.54, 1.807) is 24.3 Å². The maximum atomic E-state index is 11.7. The Hall–Kier alpha value is -2.17. The first kappa shape index (κ1) is 13.9. The van der Waals surface area contributed by atoms with Crippen LogP contribution >= 0.6 is 0 Å². The van der Waals surface area contributed by atoms with Gasteiger partial charge < -0.3 is 10.1 Å². The van der Waals surface area contributed by atoms with Gasteiger partial charge in [-0.25, -0.2) is 0 Å². The van der Waals surface area contributed by atoms with Crippen LogP contribution in [0.15, 0.2) is 24.3 Å². The average Bonchev–Trinajstić information content (AvgIpc) is 2.38. The van der Waals surface area contributed by atoms with Crippen LogP contribution in [0, 0.1) is 6.92 Å². The summed E-state index contributed by atoms with van der Waals surface area (Å²) in [7, 11) is 1.27. The van der Waals surface area contributed by atoms with Crippen LogP contribution < -0.4 is 5.32 Å². The Kier molecular flexibility index (Phi) is 5.05. The van der Waals surface area contributed by atoms with Gasteiger partial charge in [0, 0.05) is 12.1 Å². The van der Waals surface area contributed by atoms with Crippen molar-refractivity contribution in [1.82, 2.24) is 5.32 Å². The molecule has 1 aromatic carbocycles. The van der Waals surface area contributed by atoms with E-state index in [4.69, 9.17) is 0 Å². The fourth-order valence-electron chi connectivity index (χ4n) is 1.30. The number of esters is 1. The minimum absolute atomic E-state index is 0.0451. The van der Waals surface area contributed by atoms with E-state index in [1.165, 1.54) is 7.11 Å². The molecule has 0 atom stereocenters. The Morgan fingerprint density at radius 1 is 1.17 bits per heavy atom. The summed E-state index contributed by atoms with van der Waals surface area (Å²) in [5, 5.41) is 2.37. The molecule has 0 fully saturated rings. The topological polar surface area (TPSA) is 72.5 Å². The number of rotatable bonds is 5. The summed E-state index contributed by atoms with van der Waals surface area (Å²) in [6.07, 6.45) is 0.0451. The molecule has 1 rings (SSSR count). The molecule has 0 saturated carbocycles. The molecule has 0 unspecified atom stereocenters. The van der Waals surface area contributed by atoms with E-state index in [0.29, 0.717) is 5.56 Å². The molecule has 0 bridgehead atoms. The van der Waals surface area contributed by atoms with Crippen LogP contribution in [-0.2, 0) is 14.3 Å². The van der Waals surface area contributed by atoms with Crippen molar-refractivity contribution in [3.05, 3.63) is 35.4 Å². The Bertz CT molecular complexity index is 451. The SMILES string of the molecule is COC(=O)CCNC(=O)C(=O)c1ccc(C)cc1. The number of hydrogen-bond acceptors (Lipinski definition) is 4. The highest BCUT2D eigenvalue weighted by molar-refractivity contribution is 6.42. The van der Waals surface area contributed by atoms with E-state index in [1.807, 2.05) is 6.92 Å². The summed E-state index contributed by atoms with van der Waals surface area (Å²) < 4.78 is 4.42. The summed E-state index contributed by atoms with van der Waals surface area (Å²) >= 11 is 0. The summed E-state index contributed by atoms with van der Waals surface area (Å²) in [6.45, 7) is 1.98. The molecule has 96 valence electrons. The Balaban J connectivity index is 2.49. The highest BCUT2D eigenvalue weighted by Crippen LogP contribution is 2.04. The molecule has 5 heteroatoms. The number of ketones is 1. The van der Waals surface area contributed by atoms with E-state index in [-0.39, 0.29) is 13.0 Å². The number of hydrogen-bond donors (Lipinski definition) is 1. The molecule has 5 nitrogen and oxygen atoms in total. The van der Waals surface area contributed by atoms with Gasteiger partial charge in [0.15, 0.2) is 0 Å². The van der Waals surface area contributed by atoms with Gasteiger partial charge in [-0.2, -0.15) is 0 Å². The largest absolute Gasteiger partial charge is 0.469 e. The lowest BCUT2D eigenvalue weighted by molar-refractivity contribution is -0.140. The fourth-order valence-corrected chi connectivity index (χ4v) is 1.30. The predicted octanol–water partition coefficient (Wildman–Crippen LogP) is 0.857. The van der Waals surface area contributed by atoms with Gasteiger partial charge in [0.2, 0.25) is 5.78 Å². The number of carbonyl (C=O) groups excluding carboxylic acids is 3. The van der Waals surface area contributed by atoms with Gasteiger partial charge in [-0.15, -0.1) is 0 Å². The highest BCUT2D eigenvalue weighted by Gasteiger charge is 2.15. The third-order valence-electron chi connectivity index (χ3n) is 2.36. The van der Waals surface area contributed by atoms with Gasteiger partial charge in [0.25, 0.3) is 5.91 Å². The third kappa shape index (κ3) is 4.01. The standard InChI is InChI=1S/C13H15NO4/c1-9-3-5-10(6-4-9)12(16)13(17)14-8-7-11(15)18-2/h3-6H,7-8H2,1-2H3,(H,14,17). The first-order chi connectivity index (χ1) is 8.54. The Labute approximate surface area is 105 Å². The summed E-state index contributed by atoms with van der Waals surface area (Å²) in [5.41, 5.74) is 1.34. The molecule has 0 heterocycles. The quantitative estimate of drug-likeness (QED) is 0.477. The number of Topliss-reactive ketones (excluding diaryl/α,β-unsaturated/α-hetero) is 1. The first-order valence-electron chi connectivity index (χ1n) is 5.50. The Morgan fingerprint density at radius 3 is 2.33 bits per heavy atom. The number of ether oxygens (including phenoxy) is 1. The van der Waals surface area contributed by atoms with Crippen molar-refractivity contribution >= 4 is 17.7 Å². The number of carbonyl (C=O) groups is 3. The molecule has 18 heavy (non-hydrogen) atoms. The first-order valence-corrected chi connectivity index (χ1v) is 5.50. The van der Waals surface area contributed by atoms with Crippen LogP contribution in [0.1, 0.15) is 22.3 Å². The Morgan fingerprint density at radius 2 is 1.78 bits per heavy atom. The maximum Gasteiger partial charge on any atom is 0.307 e. The van der Waals surface area contributed by atoms with E-state index < -0.39 is 17.7 Å². The second kappa shape index (κ2) is 6.54. The minimum atomic E-state index is -0.720. The van der Waals surface area contributed by atoms with Gasteiger partial charge in [0.1, 0.15) is 0 Å². The predicted molar refractivity (Wildman–Crippen MR) is 65.2 cm³/mol. The van der Waals surface area contributed by atoms with Crippen molar-refractivity contribution in [2.75, 3.05) is 13.7 Å². The number of benzene rings is 1. The average molecular weight is 249 g/mol. The lowest BCUT2D eigenvalue weighted by atomic mass is 10.1. The molecule has 0 aromatic heterocycles. The lowest BCUT2D eigenvalue weighted by Crippen LogP contribution is -2.32. The summed E-state index contributed by atoms with van der Waals surface area (Å²) in [4.78, 5) is 34.0. The van der Waals surface area contributed by atoms with Crippen LogP contribution in [0.5, 0.6) is 0 Å². The molecule has 0 aliphatic rings. The van der Waals surface area contributed by atoms with Crippen LogP contribution in [0.2, 0.25) is 0 Å². The van der Waals surface area contributed by atoms with Crippen molar-refractivity contribution in [3.63, 3.8) is 0 Å². The van der Waals surface area contributed by atoms with Crippen LogP contribution in [0.4, 0.5) is 0 Å². The van der Waals surface area contributed by atoms with Gasteiger partial charge in [-0.1, -0.05) is 29.8 Å². The minimum Gasteiger partial charge on any atom is -0.469 e. The molecular weight excluding hydrogens is 234 g/mol. The van der Waals surface area contributed by atoms with Crippen molar-refractivity contribution < 1.29 is 19.1 Å². The van der Waals surface area contributed by atoms with Gasteiger partial charge >= 0.3 is 5.97 Å². The smallest absolute Gasteiger partial charge is 0.307 e. The van der Waals surface area contributed by atoms with E-state index in [0.717, 1.165) is 5.56 Å². The molecular formula is C13H15NO4. The maximum absolute atomic E-state index is 11.7. The zero-order valence-electron chi connectivity index (χ0n) is 10.4. The molecule has 1 amide bonds. The van der Waals surface area contributed by atoms with Crippen LogP contribution in [0.25, 0.3) is 0 Å². The molecule has 0 spiro atoms. The molecule has 0 radical (unpaired) electrons. The normalized spacial score (nSPS) is 9.67. The molecule has 0 saturated heterocycles. The van der Waals surface area contributed by atoms with Crippen LogP contribution in [0.3, 0.4) is 0 Å². The van der Waals surface area contributed by atoms with Crippen LogP contribution in [-0.4, -0.2) is 31.3 Å². The van der Waals surface area contributed by atoms with Crippen molar-refractivity contribution in [1.29, 1.82) is 0 Å². The zero-order valence-corrected chi connectivity index (χ0v) is 10.4. The van der Waals surface area contributed by atoms with Gasteiger partial charge in [-0.3, -0.25) is 14.4 Å². The third-order valence-corrected chi connectivity index (χ3v) is 2.36. The fraction of sp³-hybridized carbons (Fsp3) is 0.308. The molecule has 1 N–H and O–H groups in total. The highest BCUT2D eigenvalue weighted by atomic mass is 16.5. The van der Waals surface area contributed by atoms with Crippen molar-refractivity contribution in [2.45, 2.75) is 13.3 Å². The molecule has 0 aliphatic heterocycles. The monoisotopic (exact) mass is 249 g/mol. The van der Waals surface area contributed by atoms with Gasteiger partial charge in [-0.05, 0) is 6.92 Å². The van der Waals surface area contributed by atoms with Gasteiger partial charge in [0.05, 0.1) is 13.5 Å². The summed E-state index contributed by atoms with van der Waals surface area (Å²) in [6, 6.07) is 6.71. The molecule has 0 aliphatic carbocycles. The zero-order chi connectivity index (χ0) is 13.5. The lowest BCUT2D eigenvalue weighted by Gasteiger charge is -2.04.